The molecule has 0 bridgehead atoms. The molecule has 1 aromatic heterocycles. The van der Waals surface area contributed by atoms with Crippen LogP contribution in [0.15, 0.2) is 9.79 Å². The van der Waals surface area contributed by atoms with Gasteiger partial charge in [-0.1, -0.05) is 0 Å². The molecule has 0 unspecified atom stereocenters. The van der Waals surface area contributed by atoms with E-state index in [0.717, 1.165) is 0 Å². The minimum atomic E-state index is -0.305. The van der Waals surface area contributed by atoms with Crippen LogP contribution in [0.5, 0.6) is 0 Å². The first-order valence-electron chi connectivity index (χ1n) is 4.01. The molecule has 0 amide bonds. The highest BCUT2D eigenvalue weighted by Crippen LogP contribution is 2.06. The van der Waals surface area contributed by atoms with Crippen molar-refractivity contribution < 1.29 is 0 Å². The van der Waals surface area contributed by atoms with Gasteiger partial charge in [-0.3, -0.25) is 9.79 Å². The molecule has 0 radical (unpaired) electrons. The lowest BCUT2D eigenvalue weighted by Gasteiger charge is -2.00. The summed E-state index contributed by atoms with van der Waals surface area (Å²) in [7, 11) is 0. The van der Waals surface area contributed by atoms with Gasteiger partial charge in [0.1, 0.15) is 0 Å². The van der Waals surface area contributed by atoms with Crippen LogP contribution in [0.3, 0.4) is 0 Å². The van der Waals surface area contributed by atoms with Gasteiger partial charge in [0.05, 0.1) is 16.9 Å². The molecule has 1 rings (SSSR count). The van der Waals surface area contributed by atoms with E-state index < -0.39 is 0 Å². The van der Waals surface area contributed by atoms with Crippen LogP contribution in [0.4, 0.5) is 5.69 Å². The Kier molecular flexibility index (Phi) is 2.79. The third kappa shape index (κ3) is 1.93. The second-order valence-corrected chi connectivity index (χ2v) is 2.59. The quantitative estimate of drug-likeness (QED) is 0.633. The van der Waals surface area contributed by atoms with Crippen LogP contribution in [0.1, 0.15) is 18.2 Å². The molecule has 13 heavy (non-hydrogen) atoms. The Morgan fingerprint density at radius 2 is 2.38 bits per heavy atom. The summed E-state index contributed by atoms with van der Waals surface area (Å²) in [6.07, 6.45) is 1.48. The highest BCUT2D eigenvalue weighted by atomic mass is 16.1. The predicted octanol–water partition coefficient (Wildman–Crippen LogP) is 0.0993. The number of hydrogen-bond acceptors (Lipinski definition) is 4. The van der Waals surface area contributed by atoms with Gasteiger partial charge in [0.15, 0.2) is 0 Å². The number of H-pyrrole nitrogens is 1. The van der Waals surface area contributed by atoms with E-state index >= 15 is 0 Å². The zero-order valence-electron chi connectivity index (χ0n) is 7.66. The molecule has 0 atom stereocenters. The number of hydrogen-bond donors (Lipinski definition) is 2. The lowest BCUT2D eigenvalue weighted by molar-refractivity contribution is 0.947. The minimum Gasteiger partial charge on any atom is -0.397 e. The molecule has 0 aliphatic carbocycles. The number of aromatic nitrogens is 2. The first-order valence-corrected chi connectivity index (χ1v) is 4.01. The van der Waals surface area contributed by atoms with E-state index in [1.54, 1.807) is 6.92 Å². The third-order valence-electron chi connectivity index (χ3n) is 1.65. The highest BCUT2D eigenvalue weighted by molar-refractivity contribution is 5.86. The molecule has 0 fully saturated rings. The number of aryl methyl sites for hydroxylation is 1. The summed E-state index contributed by atoms with van der Waals surface area (Å²) in [5.74, 6) is 0. The number of aromatic amines is 1. The fourth-order valence-electron chi connectivity index (χ4n) is 0.883. The van der Waals surface area contributed by atoms with Gasteiger partial charge in [-0.25, -0.2) is 5.10 Å². The molecule has 5 heteroatoms. The molecule has 0 aliphatic rings. The molecule has 3 N–H and O–H groups in total. The van der Waals surface area contributed by atoms with E-state index in [-0.39, 0.29) is 5.56 Å². The molecular formula is C8H12N4O. The van der Waals surface area contributed by atoms with Crippen LogP contribution in [0, 0.1) is 6.92 Å². The Labute approximate surface area is 75.7 Å². The smallest absolute Gasteiger partial charge is 0.275 e. The monoisotopic (exact) mass is 180 g/mol. The number of nitrogens with one attached hydrogen (secondary N) is 1. The van der Waals surface area contributed by atoms with Crippen molar-refractivity contribution in [1.29, 1.82) is 0 Å². The highest BCUT2D eigenvalue weighted by Gasteiger charge is 2.04. The Hall–Kier alpha value is -1.65. The summed E-state index contributed by atoms with van der Waals surface area (Å²) in [5, 5.41) is 6.06. The van der Waals surface area contributed by atoms with Crippen LogP contribution in [0.25, 0.3) is 0 Å². The number of rotatable bonds is 2. The van der Waals surface area contributed by atoms with Gasteiger partial charge in [-0.2, -0.15) is 5.10 Å². The van der Waals surface area contributed by atoms with Crippen molar-refractivity contribution in [2.24, 2.45) is 4.99 Å². The summed E-state index contributed by atoms with van der Waals surface area (Å²) in [6.45, 7) is 4.24. The van der Waals surface area contributed by atoms with Crippen molar-refractivity contribution in [3.63, 3.8) is 0 Å². The number of anilines is 1. The zero-order valence-corrected chi connectivity index (χ0v) is 7.66. The van der Waals surface area contributed by atoms with Gasteiger partial charge < -0.3 is 5.73 Å². The Bertz CT molecular complexity index is 380. The van der Waals surface area contributed by atoms with Crippen LogP contribution < -0.4 is 11.3 Å². The number of aliphatic imine (C=N–C) groups is 1. The molecule has 0 saturated carbocycles. The van der Waals surface area contributed by atoms with Crippen molar-refractivity contribution in [2.45, 2.75) is 13.8 Å². The molecule has 0 aromatic carbocycles. The molecular weight excluding hydrogens is 168 g/mol. The second-order valence-electron chi connectivity index (χ2n) is 2.59. The maximum Gasteiger partial charge on any atom is 0.275 e. The second kappa shape index (κ2) is 3.84. The minimum absolute atomic E-state index is 0.305. The molecule has 1 heterocycles. The lowest BCUT2D eigenvalue weighted by atomic mass is 10.2. The van der Waals surface area contributed by atoms with Gasteiger partial charge in [-0.15, -0.1) is 0 Å². The topological polar surface area (TPSA) is 84.1 Å². The summed E-state index contributed by atoms with van der Waals surface area (Å²) in [6, 6.07) is 0. The maximum atomic E-state index is 11.2. The Balaban J connectivity index is 3.26. The zero-order chi connectivity index (χ0) is 9.84. The van der Waals surface area contributed by atoms with Crippen molar-refractivity contribution in [3.8, 4) is 0 Å². The Morgan fingerprint density at radius 3 is 3.00 bits per heavy atom. The summed E-state index contributed by atoms with van der Waals surface area (Å²) in [4.78, 5) is 15.2. The van der Waals surface area contributed by atoms with Gasteiger partial charge in [0.2, 0.25) is 0 Å². The van der Waals surface area contributed by atoms with Crippen molar-refractivity contribution >= 4 is 11.9 Å². The van der Waals surface area contributed by atoms with E-state index in [9.17, 15) is 4.79 Å². The fourth-order valence-corrected chi connectivity index (χ4v) is 0.883. The van der Waals surface area contributed by atoms with E-state index in [4.69, 9.17) is 5.73 Å². The standard InChI is InChI=1S/C8H12N4O/c1-3-10-4-6-7(9)5(2)11-12-8(6)13/h4H,3H2,1-2H3,(H3,9,12,13). The maximum absolute atomic E-state index is 11.2. The third-order valence-corrected chi connectivity index (χ3v) is 1.65. The summed E-state index contributed by atoms with van der Waals surface area (Å²) < 4.78 is 0. The van der Waals surface area contributed by atoms with Gasteiger partial charge in [0, 0.05) is 12.8 Å². The Morgan fingerprint density at radius 1 is 1.69 bits per heavy atom. The molecule has 0 aliphatic heterocycles. The average molecular weight is 180 g/mol. The number of nitrogens with two attached hydrogens (primary N) is 1. The first kappa shape index (κ1) is 9.44. The lowest BCUT2D eigenvalue weighted by Crippen LogP contribution is -2.18. The van der Waals surface area contributed by atoms with Crippen molar-refractivity contribution in [1.82, 2.24) is 10.2 Å². The molecule has 70 valence electrons. The van der Waals surface area contributed by atoms with E-state index in [1.165, 1.54) is 6.21 Å². The van der Waals surface area contributed by atoms with Crippen LogP contribution >= 0.6 is 0 Å². The van der Waals surface area contributed by atoms with E-state index in [2.05, 4.69) is 15.2 Å². The van der Waals surface area contributed by atoms with E-state index in [0.29, 0.717) is 23.5 Å². The van der Waals surface area contributed by atoms with E-state index in [1.807, 2.05) is 6.92 Å². The first-order chi connectivity index (χ1) is 6.16. The number of nitrogens with zero attached hydrogens (tertiary/aromatic N) is 2. The largest absolute Gasteiger partial charge is 0.397 e. The van der Waals surface area contributed by atoms with Crippen molar-refractivity contribution in [2.75, 3.05) is 12.3 Å². The molecule has 5 nitrogen and oxygen atoms in total. The van der Waals surface area contributed by atoms with Gasteiger partial charge in [-0.05, 0) is 13.8 Å². The predicted molar refractivity (Wildman–Crippen MR) is 52.1 cm³/mol. The summed E-state index contributed by atoms with van der Waals surface area (Å²) in [5.41, 5.74) is 6.73. The SMILES string of the molecule is CCN=Cc1c(N)c(C)n[nH]c1=O. The van der Waals surface area contributed by atoms with Crippen LogP contribution in [-0.2, 0) is 0 Å². The number of nitrogen functional groups attached to an aromatic ring is 1. The molecule has 0 spiro atoms. The van der Waals surface area contributed by atoms with Crippen molar-refractivity contribution in [3.05, 3.63) is 21.6 Å². The summed E-state index contributed by atoms with van der Waals surface area (Å²) >= 11 is 0. The average Bonchev–Trinajstić information content (AvgIpc) is 2.12. The van der Waals surface area contributed by atoms with Gasteiger partial charge in [0.25, 0.3) is 5.56 Å². The van der Waals surface area contributed by atoms with Crippen LogP contribution in [-0.4, -0.2) is 23.0 Å². The normalized spacial score (nSPS) is 10.9. The fraction of sp³-hybridized carbons (Fsp3) is 0.375. The van der Waals surface area contributed by atoms with Crippen LogP contribution in [0.2, 0.25) is 0 Å². The molecule has 0 saturated heterocycles. The molecule has 1 aromatic rings. The van der Waals surface area contributed by atoms with Gasteiger partial charge >= 0.3 is 0 Å².